The average Bonchev–Trinajstić information content (AvgIpc) is 3.06. The summed E-state index contributed by atoms with van der Waals surface area (Å²) in [5, 5.41) is 2.19. The maximum atomic E-state index is 3.55. The van der Waals surface area contributed by atoms with E-state index in [0.29, 0.717) is 0 Å². The molecule has 1 unspecified atom stereocenters. The van der Waals surface area contributed by atoms with Crippen LogP contribution in [0.15, 0.2) is 73.8 Å². The van der Waals surface area contributed by atoms with Gasteiger partial charge in [-0.3, -0.25) is 0 Å². The molecule has 1 heteroatoms. The van der Waals surface area contributed by atoms with E-state index in [0.717, 1.165) is 12.3 Å². The Morgan fingerprint density at radius 2 is 0.953 bits per heavy atom. The highest BCUT2D eigenvalue weighted by molar-refractivity contribution is 8.02. The van der Waals surface area contributed by atoms with Crippen molar-refractivity contribution in [3.63, 3.8) is 0 Å². The molecule has 43 heavy (non-hydrogen) atoms. The lowest BCUT2D eigenvalue weighted by molar-refractivity contribution is 0.431. The Morgan fingerprint density at radius 3 is 1.30 bits per heavy atom. The van der Waals surface area contributed by atoms with Crippen LogP contribution in [0.5, 0.6) is 0 Å². The summed E-state index contributed by atoms with van der Waals surface area (Å²) in [6, 6.07) is 0. The first-order valence-electron chi connectivity index (χ1n) is 18.5. The zero-order valence-corrected chi connectivity index (χ0v) is 32.6. The van der Waals surface area contributed by atoms with Crippen molar-refractivity contribution in [3.05, 3.63) is 73.8 Å². The van der Waals surface area contributed by atoms with Gasteiger partial charge in [0, 0.05) is 0 Å². The average molecular weight is 621 g/mol. The summed E-state index contributed by atoms with van der Waals surface area (Å²) in [6.45, 7) is 30.4. The molecule has 0 bridgehead atoms. The predicted molar refractivity (Wildman–Crippen MR) is 214 cm³/mol. The van der Waals surface area contributed by atoms with Gasteiger partial charge in [-0.1, -0.05) is 194 Å². The highest BCUT2D eigenvalue weighted by Crippen LogP contribution is 2.19. The minimum absolute atomic E-state index is 0.936. The van der Waals surface area contributed by atoms with Crippen LogP contribution in [-0.2, 0) is 0 Å². The van der Waals surface area contributed by atoms with Gasteiger partial charge in [-0.25, -0.2) is 0 Å². The summed E-state index contributed by atoms with van der Waals surface area (Å²) >= 11 is 1.87. The van der Waals surface area contributed by atoms with Gasteiger partial charge in [-0.05, 0) is 56.1 Å². The molecular weight excluding hydrogens is 537 g/mol. The standard InChI is InChI=1S/C29H52S.C5H10.3C2H6.C2H4/c1-4-6-7-8-9-10-11-14-17-20-23-26-29(3)27-24-21-18-15-12-13-16-19-22-25-28-30-5-2;1-3-5-4-2;4*1-2/h4,6-8,19,22,25,28-29H,5,9-18,20-21,23-24,26-27H2,1-3H3;3H,1,4-5H2,2H3;3*1-2H3;1-2H2/b6-4+,8-7+,22-19+,28-25+;;;;;. The van der Waals surface area contributed by atoms with Gasteiger partial charge >= 0.3 is 0 Å². The molecule has 0 aromatic heterocycles. The van der Waals surface area contributed by atoms with Gasteiger partial charge in [0.1, 0.15) is 0 Å². The number of rotatable bonds is 24. The molecule has 0 fully saturated rings. The zero-order valence-electron chi connectivity index (χ0n) is 31.7. The Bertz CT molecular complexity index is 511. The summed E-state index contributed by atoms with van der Waals surface area (Å²) in [6.07, 6.45) is 42.1. The molecule has 1 atom stereocenters. The van der Waals surface area contributed by atoms with Crippen molar-refractivity contribution >= 4 is 11.8 Å². The molecule has 0 saturated heterocycles. The smallest absolute Gasteiger partial charge is 0.00544 e. The summed E-state index contributed by atoms with van der Waals surface area (Å²) in [7, 11) is 0. The van der Waals surface area contributed by atoms with Crippen LogP contribution in [0.1, 0.15) is 185 Å². The third kappa shape index (κ3) is 74.0. The van der Waals surface area contributed by atoms with Crippen molar-refractivity contribution in [2.45, 2.75) is 185 Å². The summed E-state index contributed by atoms with van der Waals surface area (Å²) < 4.78 is 0. The second kappa shape index (κ2) is 68.1. The Balaban J connectivity index is -0.000000225. The van der Waals surface area contributed by atoms with E-state index in [1.165, 1.54) is 115 Å². The number of hydrogen-bond donors (Lipinski definition) is 0. The van der Waals surface area contributed by atoms with Gasteiger partial charge in [0.25, 0.3) is 0 Å². The minimum Gasteiger partial charge on any atom is -0.134 e. The maximum Gasteiger partial charge on any atom is -0.00544 e. The molecule has 0 saturated carbocycles. The molecule has 0 amide bonds. The molecule has 0 heterocycles. The number of allylic oxidation sites excluding steroid dienone is 8. The van der Waals surface area contributed by atoms with Crippen LogP contribution >= 0.6 is 11.8 Å². The first-order chi connectivity index (χ1) is 21.2. The van der Waals surface area contributed by atoms with E-state index < -0.39 is 0 Å². The first-order valence-corrected chi connectivity index (χ1v) is 19.6. The van der Waals surface area contributed by atoms with E-state index in [1.54, 1.807) is 0 Å². The van der Waals surface area contributed by atoms with Gasteiger partial charge in [-0.2, -0.15) is 0 Å². The quantitative estimate of drug-likeness (QED) is 0.0587. The molecular formula is C42H84S. The highest BCUT2D eigenvalue weighted by Gasteiger charge is 2.02. The van der Waals surface area contributed by atoms with Crippen molar-refractivity contribution in [1.82, 2.24) is 0 Å². The van der Waals surface area contributed by atoms with Gasteiger partial charge in [-0.15, -0.1) is 31.5 Å². The third-order valence-corrected chi connectivity index (χ3v) is 6.84. The molecule has 0 aliphatic carbocycles. The lowest BCUT2D eigenvalue weighted by Crippen LogP contribution is -1.95. The Labute approximate surface area is 281 Å². The van der Waals surface area contributed by atoms with Crippen LogP contribution in [0.3, 0.4) is 0 Å². The molecule has 0 aliphatic rings. The molecule has 0 rings (SSSR count). The Hall–Kier alpha value is -1.21. The molecule has 0 radical (unpaired) electrons. The first kappa shape index (κ1) is 54.3. The Morgan fingerprint density at radius 1 is 0.558 bits per heavy atom. The van der Waals surface area contributed by atoms with Crippen LogP contribution in [0.25, 0.3) is 0 Å². The zero-order chi connectivity index (χ0) is 34.1. The van der Waals surface area contributed by atoms with Gasteiger partial charge in [0.2, 0.25) is 0 Å². The van der Waals surface area contributed by atoms with E-state index in [-0.39, 0.29) is 0 Å². The molecule has 0 aromatic carbocycles. The summed E-state index contributed by atoms with van der Waals surface area (Å²) in [5.74, 6) is 2.10. The monoisotopic (exact) mass is 621 g/mol. The topological polar surface area (TPSA) is 0 Å². The van der Waals surface area contributed by atoms with E-state index >= 15 is 0 Å². The normalized spacial score (nSPS) is 10.8. The van der Waals surface area contributed by atoms with Gasteiger partial charge in [0.15, 0.2) is 0 Å². The summed E-state index contributed by atoms with van der Waals surface area (Å²) in [4.78, 5) is 0. The van der Waals surface area contributed by atoms with Crippen LogP contribution in [-0.4, -0.2) is 5.75 Å². The van der Waals surface area contributed by atoms with Crippen molar-refractivity contribution in [2.24, 2.45) is 5.92 Å². The van der Waals surface area contributed by atoms with Gasteiger partial charge in [0.05, 0.1) is 0 Å². The van der Waals surface area contributed by atoms with E-state index in [1.807, 2.05) is 59.4 Å². The van der Waals surface area contributed by atoms with E-state index in [9.17, 15) is 0 Å². The van der Waals surface area contributed by atoms with E-state index in [2.05, 4.69) is 95.4 Å². The second-order valence-electron chi connectivity index (χ2n) is 9.75. The molecule has 0 nitrogen and oxygen atoms in total. The lowest BCUT2D eigenvalue weighted by atomic mass is 9.96. The van der Waals surface area contributed by atoms with Crippen LogP contribution in [0.4, 0.5) is 0 Å². The Kier molecular flexibility index (Phi) is 86.0. The third-order valence-electron chi connectivity index (χ3n) is 6.16. The van der Waals surface area contributed by atoms with Crippen molar-refractivity contribution < 1.29 is 0 Å². The van der Waals surface area contributed by atoms with Crippen molar-refractivity contribution in [1.29, 1.82) is 0 Å². The van der Waals surface area contributed by atoms with Gasteiger partial charge < -0.3 is 0 Å². The summed E-state index contributed by atoms with van der Waals surface area (Å²) in [5.41, 5.74) is 0. The minimum atomic E-state index is 0.936. The molecule has 258 valence electrons. The lowest BCUT2D eigenvalue weighted by Gasteiger charge is -2.11. The van der Waals surface area contributed by atoms with Crippen LogP contribution in [0, 0.1) is 5.92 Å². The molecule has 0 spiro atoms. The highest BCUT2D eigenvalue weighted by atomic mass is 32.2. The van der Waals surface area contributed by atoms with Crippen molar-refractivity contribution in [2.75, 3.05) is 5.75 Å². The van der Waals surface area contributed by atoms with Crippen LogP contribution in [0.2, 0.25) is 0 Å². The molecule has 0 aromatic rings. The fraction of sp³-hybridized carbons (Fsp3) is 0.714. The fourth-order valence-electron chi connectivity index (χ4n) is 3.93. The van der Waals surface area contributed by atoms with Crippen LogP contribution < -0.4 is 0 Å². The number of unbranched alkanes of at least 4 members (excludes halogenated alkanes) is 13. The number of thioether (sulfide) groups is 1. The largest absolute Gasteiger partial charge is 0.134 e. The fourth-order valence-corrected chi connectivity index (χ4v) is 4.32. The molecule has 0 N–H and O–H groups in total. The van der Waals surface area contributed by atoms with Crippen molar-refractivity contribution in [3.8, 4) is 0 Å². The maximum absolute atomic E-state index is 3.55. The SMILES string of the molecule is C/C=C/C=C/CCCCCCCCC(C)CCCCCCCC/C=C/C=C/SCC.C=C.C=CCCC.CC.CC.CC. The van der Waals surface area contributed by atoms with E-state index in [4.69, 9.17) is 0 Å². The second-order valence-corrected chi connectivity index (χ2v) is 10.9. The molecule has 0 aliphatic heterocycles. The predicted octanol–water partition coefficient (Wildman–Crippen LogP) is 16.7. The number of hydrogen-bond acceptors (Lipinski definition) is 1.